The standard InChI is InChI=1S/C11H14O2/c12-8-2-5-1-6-3-11(13)4-7(6)9(5)10(8)11/h5-7,9-10,13H,1-4H2. The van der Waals surface area contributed by atoms with Crippen LogP contribution in [0, 0.1) is 29.6 Å². The van der Waals surface area contributed by atoms with Crippen molar-refractivity contribution in [3.05, 3.63) is 0 Å². The highest BCUT2D eigenvalue weighted by Gasteiger charge is 2.71. The van der Waals surface area contributed by atoms with Crippen molar-refractivity contribution in [1.82, 2.24) is 0 Å². The highest BCUT2D eigenvalue weighted by molar-refractivity contribution is 5.86. The monoisotopic (exact) mass is 178 g/mol. The van der Waals surface area contributed by atoms with Crippen molar-refractivity contribution in [2.45, 2.75) is 31.3 Å². The van der Waals surface area contributed by atoms with E-state index < -0.39 is 5.60 Å². The Labute approximate surface area is 77.3 Å². The molecule has 0 heterocycles. The Morgan fingerprint density at radius 1 is 1.31 bits per heavy atom. The normalized spacial score (nSPS) is 66.8. The Balaban J connectivity index is 1.93. The number of ketones is 1. The summed E-state index contributed by atoms with van der Waals surface area (Å²) in [7, 11) is 0. The van der Waals surface area contributed by atoms with Gasteiger partial charge in [0, 0.05) is 12.3 Å². The van der Waals surface area contributed by atoms with Gasteiger partial charge in [0.25, 0.3) is 0 Å². The molecule has 0 aromatic heterocycles. The van der Waals surface area contributed by atoms with Gasteiger partial charge in [0.2, 0.25) is 0 Å². The Bertz CT molecular complexity index is 307. The molecule has 0 radical (unpaired) electrons. The first-order chi connectivity index (χ1) is 6.19. The minimum atomic E-state index is -0.553. The molecular formula is C11H14O2. The van der Waals surface area contributed by atoms with E-state index in [1.165, 1.54) is 6.42 Å². The Kier molecular flexibility index (Phi) is 0.926. The van der Waals surface area contributed by atoms with Crippen LogP contribution in [0.25, 0.3) is 0 Å². The minimum Gasteiger partial charge on any atom is -0.389 e. The Hall–Kier alpha value is -0.370. The van der Waals surface area contributed by atoms with Crippen molar-refractivity contribution < 1.29 is 9.90 Å². The third-order valence-corrected chi connectivity index (χ3v) is 5.23. The quantitative estimate of drug-likeness (QED) is 0.600. The third-order valence-electron chi connectivity index (χ3n) is 5.23. The zero-order valence-electron chi connectivity index (χ0n) is 7.57. The fourth-order valence-electron chi connectivity index (χ4n) is 5.12. The van der Waals surface area contributed by atoms with Gasteiger partial charge >= 0.3 is 0 Å². The van der Waals surface area contributed by atoms with E-state index >= 15 is 0 Å². The Morgan fingerprint density at radius 3 is 3.00 bits per heavy atom. The number of hydrogen-bond acceptors (Lipinski definition) is 2. The van der Waals surface area contributed by atoms with Crippen LogP contribution in [0.5, 0.6) is 0 Å². The molecule has 1 N–H and O–H groups in total. The van der Waals surface area contributed by atoms with Gasteiger partial charge in [0.15, 0.2) is 0 Å². The summed E-state index contributed by atoms with van der Waals surface area (Å²) in [4.78, 5) is 11.7. The summed E-state index contributed by atoms with van der Waals surface area (Å²) in [6.07, 6.45) is 3.89. The molecule has 0 aromatic carbocycles. The van der Waals surface area contributed by atoms with Crippen molar-refractivity contribution in [3.8, 4) is 0 Å². The number of carbonyl (C=O) groups excluding carboxylic acids is 1. The van der Waals surface area contributed by atoms with Crippen molar-refractivity contribution in [2.24, 2.45) is 29.6 Å². The lowest BCUT2D eigenvalue weighted by Gasteiger charge is -2.30. The maximum absolute atomic E-state index is 11.7. The number of aliphatic hydroxyl groups is 1. The summed E-state index contributed by atoms with van der Waals surface area (Å²) in [5, 5.41) is 10.4. The average molecular weight is 178 g/mol. The predicted molar refractivity (Wildman–Crippen MR) is 45.9 cm³/mol. The molecular weight excluding hydrogens is 164 g/mol. The maximum Gasteiger partial charge on any atom is 0.139 e. The van der Waals surface area contributed by atoms with E-state index in [2.05, 4.69) is 0 Å². The molecule has 0 saturated heterocycles. The molecule has 0 aromatic rings. The summed E-state index contributed by atoms with van der Waals surface area (Å²) in [6.45, 7) is 0. The predicted octanol–water partition coefficient (Wildman–Crippen LogP) is 0.982. The highest BCUT2D eigenvalue weighted by atomic mass is 16.3. The second kappa shape index (κ2) is 1.72. The first kappa shape index (κ1) is 6.99. The van der Waals surface area contributed by atoms with Gasteiger partial charge in [-0.3, -0.25) is 4.79 Å². The van der Waals surface area contributed by atoms with Gasteiger partial charge in [-0.15, -0.1) is 0 Å². The number of carbonyl (C=O) groups is 1. The van der Waals surface area contributed by atoms with Crippen molar-refractivity contribution in [2.75, 3.05) is 0 Å². The summed E-state index contributed by atoms with van der Waals surface area (Å²) in [5.41, 5.74) is -0.553. The van der Waals surface area contributed by atoms with E-state index in [-0.39, 0.29) is 5.92 Å². The molecule has 4 rings (SSSR count). The summed E-state index contributed by atoms with van der Waals surface area (Å²) < 4.78 is 0. The minimum absolute atomic E-state index is 0.0567. The summed E-state index contributed by atoms with van der Waals surface area (Å²) >= 11 is 0. The molecule has 6 atom stereocenters. The summed E-state index contributed by atoms with van der Waals surface area (Å²) in [6, 6.07) is 0. The van der Waals surface area contributed by atoms with E-state index in [9.17, 15) is 9.90 Å². The van der Waals surface area contributed by atoms with Crippen LogP contribution in [0.2, 0.25) is 0 Å². The lowest BCUT2D eigenvalue weighted by molar-refractivity contribution is -0.129. The van der Waals surface area contributed by atoms with Gasteiger partial charge < -0.3 is 5.11 Å². The van der Waals surface area contributed by atoms with E-state index in [4.69, 9.17) is 0 Å². The lowest BCUT2D eigenvalue weighted by atomic mass is 9.78. The molecule has 2 heteroatoms. The largest absolute Gasteiger partial charge is 0.389 e. The van der Waals surface area contributed by atoms with Crippen LogP contribution in [0.3, 0.4) is 0 Å². The molecule has 13 heavy (non-hydrogen) atoms. The van der Waals surface area contributed by atoms with Gasteiger partial charge in [-0.25, -0.2) is 0 Å². The molecule has 2 bridgehead atoms. The van der Waals surface area contributed by atoms with Crippen molar-refractivity contribution in [3.63, 3.8) is 0 Å². The van der Waals surface area contributed by atoms with Crippen LogP contribution in [0.4, 0.5) is 0 Å². The van der Waals surface area contributed by atoms with Crippen LogP contribution < -0.4 is 0 Å². The molecule has 4 aliphatic carbocycles. The second-order valence-electron chi connectivity index (χ2n) is 5.66. The highest BCUT2D eigenvalue weighted by Crippen LogP contribution is 2.70. The van der Waals surface area contributed by atoms with Crippen LogP contribution in [0.15, 0.2) is 0 Å². The van der Waals surface area contributed by atoms with E-state index in [0.717, 1.165) is 25.2 Å². The zero-order valence-corrected chi connectivity index (χ0v) is 7.57. The number of fused-ring (bicyclic) bond motifs is 2. The Morgan fingerprint density at radius 2 is 2.15 bits per heavy atom. The SMILES string of the molecule is O=C1CC2CC3CC4(O)CC3C2C14. The van der Waals surface area contributed by atoms with Gasteiger partial charge in [-0.2, -0.15) is 0 Å². The fourth-order valence-corrected chi connectivity index (χ4v) is 5.12. The van der Waals surface area contributed by atoms with Gasteiger partial charge in [0.1, 0.15) is 5.78 Å². The lowest BCUT2D eigenvalue weighted by Crippen LogP contribution is -2.38. The van der Waals surface area contributed by atoms with Gasteiger partial charge in [0.05, 0.1) is 5.60 Å². The van der Waals surface area contributed by atoms with Crippen LogP contribution in [0.1, 0.15) is 25.7 Å². The number of rotatable bonds is 0. The van der Waals surface area contributed by atoms with Crippen molar-refractivity contribution in [1.29, 1.82) is 0 Å². The first-order valence-electron chi connectivity index (χ1n) is 5.44. The maximum atomic E-state index is 11.7. The molecule has 6 unspecified atom stereocenters. The molecule has 0 aliphatic heterocycles. The molecule has 4 saturated carbocycles. The summed E-state index contributed by atoms with van der Waals surface area (Å²) in [5.74, 6) is 3.16. The van der Waals surface area contributed by atoms with Crippen LogP contribution >= 0.6 is 0 Å². The zero-order chi connectivity index (χ0) is 8.79. The molecule has 0 spiro atoms. The van der Waals surface area contributed by atoms with E-state index in [0.29, 0.717) is 23.5 Å². The molecule has 70 valence electrons. The topological polar surface area (TPSA) is 37.3 Å². The van der Waals surface area contributed by atoms with Gasteiger partial charge in [-0.1, -0.05) is 0 Å². The van der Waals surface area contributed by atoms with Gasteiger partial charge in [-0.05, 0) is 42.9 Å². The van der Waals surface area contributed by atoms with E-state index in [1.54, 1.807) is 0 Å². The molecule has 4 fully saturated rings. The smallest absolute Gasteiger partial charge is 0.139 e. The number of Topliss-reactive ketones (excluding diaryl/α,β-unsaturated/α-hetero) is 1. The van der Waals surface area contributed by atoms with Crippen LogP contribution in [-0.4, -0.2) is 16.5 Å². The average Bonchev–Trinajstić information content (AvgIpc) is 2.61. The molecule has 0 amide bonds. The first-order valence-corrected chi connectivity index (χ1v) is 5.44. The van der Waals surface area contributed by atoms with Crippen molar-refractivity contribution >= 4 is 5.78 Å². The third kappa shape index (κ3) is 0.567. The second-order valence-corrected chi connectivity index (χ2v) is 5.66. The molecule has 4 aliphatic rings. The number of hydrogen-bond donors (Lipinski definition) is 1. The molecule has 2 nitrogen and oxygen atoms in total. The van der Waals surface area contributed by atoms with E-state index in [1.807, 2.05) is 0 Å². The van der Waals surface area contributed by atoms with Crippen LogP contribution in [-0.2, 0) is 4.79 Å². The fraction of sp³-hybridized carbons (Fsp3) is 0.909.